The van der Waals surface area contributed by atoms with Gasteiger partial charge in [0.1, 0.15) is 29.8 Å². The van der Waals surface area contributed by atoms with E-state index >= 15 is 0 Å². The Kier molecular flexibility index (Phi) is 10.6. The highest BCUT2D eigenvalue weighted by molar-refractivity contribution is 7.92. The van der Waals surface area contributed by atoms with Crippen LogP contribution in [-0.4, -0.2) is 71.3 Å². The van der Waals surface area contributed by atoms with Crippen molar-refractivity contribution in [3.05, 3.63) is 48.0 Å². The summed E-state index contributed by atoms with van der Waals surface area (Å²) in [6.07, 6.45) is 1.35. The van der Waals surface area contributed by atoms with Crippen LogP contribution in [0.3, 0.4) is 0 Å². The molecule has 0 aromatic heterocycles. The minimum Gasteiger partial charge on any atom is -0.497 e. The van der Waals surface area contributed by atoms with Crippen LogP contribution in [0.25, 0.3) is 0 Å². The van der Waals surface area contributed by atoms with Crippen molar-refractivity contribution in [3.8, 4) is 17.2 Å². The number of methoxy groups -OCH3 is 3. The zero-order chi connectivity index (χ0) is 27.8. The van der Waals surface area contributed by atoms with Gasteiger partial charge in [-0.2, -0.15) is 0 Å². The number of nitrogens with zero attached hydrogens (tertiary/aromatic N) is 2. The van der Waals surface area contributed by atoms with E-state index < -0.39 is 28.5 Å². The molecule has 0 unspecified atom stereocenters. The average Bonchev–Trinajstić information content (AvgIpc) is 2.85. The van der Waals surface area contributed by atoms with E-state index in [1.54, 1.807) is 44.4 Å². The molecule has 2 amide bonds. The highest BCUT2D eigenvalue weighted by Gasteiger charge is 2.32. The van der Waals surface area contributed by atoms with E-state index in [1.807, 2.05) is 13.8 Å². The van der Waals surface area contributed by atoms with Crippen molar-refractivity contribution in [2.45, 2.75) is 45.8 Å². The number of hydrogen-bond donors (Lipinski definition) is 1. The smallest absolute Gasteiger partial charge is 0.244 e. The summed E-state index contributed by atoms with van der Waals surface area (Å²) in [6.45, 7) is 5.05. The first-order chi connectivity index (χ1) is 17.4. The van der Waals surface area contributed by atoms with Crippen LogP contribution in [0, 0.1) is 0 Å². The van der Waals surface area contributed by atoms with Crippen LogP contribution in [0.15, 0.2) is 42.5 Å². The van der Waals surface area contributed by atoms with Crippen molar-refractivity contribution < 1.29 is 32.2 Å². The molecule has 1 atom stereocenters. The van der Waals surface area contributed by atoms with Crippen LogP contribution in [0.5, 0.6) is 17.2 Å². The summed E-state index contributed by atoms with van der Waals surface area (Å²) in [7, 11) is 0.538. The minimum atomic E-state index is -3.90. The second-order valence-corrected chi connectivity index (χ2v) is 10.7. The SMILES string of the molecule is CC[C@@H](C(=O)NC(C)C)N(Cc1ccc(OC)cc1)C(=O)CN(c1ccc(OC)cc1OC)S(C)(=O)=O. The summed E-state index contributed by atoms with van der Waals surface area (Å²) in [5.41, 5.74) is 0.945. The molecule has 37 heavy (non-hydrogen) atoms. The molecule has 0 saturated carbocycles. The first-order valence-corrected chi connectivity index (χ1v) is 13.7. The van der Waals surface area contributed by atoms with Crippen molar-refractivity contribution >= 4 is 27.5 Å². The quantitative estimate of drug-likeness (QED) is 0.419. The van der Waals surface area contributed by atoms with Gasteiger partial charge in [0, 0.05) is 18.7 Å². The maximum atomic E-state index is 13.8. The molecular formula is C26H37N3O7S. The first-order valence-electron chi connectivity index (χ1n) is 11.9. The van der Waals surface area contributed by atoms with Gasteiger partial charge < -0.3 is 24.4 Å². The van der Waals surface area contributed by atoms with Crippen LogP contribution in [0.2, 0.25) is 0 Å². The second-order valence-electron chi connectivity index (χ2n) is 8.76. The van der Waals surface area contributed by atoms with Crippen LogP contribution >= 0.6 is 0 Å². The molecule has 0 saturated heterocycles. The fraction of sp³-hybridized carbons (Fsp3) is 0.462. The average molecular weight is 536 g/mol. The van der Waals surface area contributed by atoms with Gasteiger partial charge in [-0.25, -0.2) is 8.42 Å². The summed E-state index contributed by atoms with van der Waals surface area (Å²) < 4.78 is 42.4. The number of ether oxygens (including phenoxy) is 3. The maximum Gasteiger partial charge on any atom is 0.244 e. The Labute approximate surface area is 219 Å². The number of carbonyl (C=O) groups is 2. The second kappa shape index (κ2) is 13.2. The molecular weight excluding hydrogens is 498 g/mol. The molecule has 0 aliphatic heterocycles. The van der Waals surface area contributed by atoms with E-state index in [9.17, 15) is 18.0 Å². The monoisotopic (exact) mass is 535 g/mol. The van der Waals surface area contributed by atoms with Crippen molar-refractivity contribution in [2.75, 3.05) is 38.4 Å². The molecule has 0 aliphatic carbocycles. The van der Waals surface area contributed by atoms with Crippen LogP contribution in [0.4, 0.5) is 5.69 Å². The van der Waals surface area contributed by atoms with Gasteiger partial charge in [-0.3, -0.25) is 13.9 Å². The Bertz CT molecular complexity index is 1170. The molecule has 0 fully saturated rings. The van der Waals surface area contributed by atoms with Gasteiger partial charge in [-0.15, -0.1) is 0 Å². The number of hydrogen-bond acceptors (Lipinski definition) is 7. The zero-order valence-corrected chi connectivity index (χ0v) is 23.3. The van der Waals surface area contributed by atoms with Gasteiger partial charge in [-0.05, 0) is 50.1 Å². The van der Waals surface area contributed by atoms with Gasteiger partial charge in [0.25, 0.3) is 0 Å². The van der Waals surface area contributed by atoms with Crippen LogP contribution in [0.1, 0.15) is 32.8 Å². The van der Waals surface area contributed by atoms with Gasteiger partial charge in [0.2, 0.25) is 21.8 Å². The molecule has 2 aromatic rings. The third-order valence-corrected chi connectivity index (χ3v) is 6.79. The Morgan fingerprint density at radius 2 is 1.54 bits per heavy atom. The molecule has 204 valence electrons. The number of nitrogens with one attached hydrogen (secondary N) is 1. The van der Waals surface area contributed by atoms with Crippen molar-refractivity contribution in [1.82, 2.24) is 10.2 Å². The fourth-order valence-corrected chi connectivity index (χ4v) is 4.67. The number of amides is 2. The number of benzene rings is 2. The lowest BCUT2D eigenvalue weighted by atomic mass is 10.1. The molecule has 0 radical (unpaired) electrons. The first kappa shape index (κ1) is 29.8. The molecule has 11 heteroatoms. The predicted octanol–water partition coefficient (Wildman–Crippen LogP) is 2.81. The Morgan fingerprint density at radius 1 is 0.946 bits per heavy atom. The summed E-state index contributed by atoms with van der Waals surface area (Å²) in [5, 5.41) is 2.86. The van der Waals surface area contributed by atoms with Crippen molar-refractivity contribution in [2.24, 2.45) is 0 Å². The number of anilines is 1. The number of sulfonamides is 1. The highest BCUT2D eigenvalue weighted by atomic mass is 32.2. The molecule has 0 aliphatic rings. The van der Waals surface area contributed by atoms with E-state index in [0.717, 1.165) is 16.1 Å². The third kappa shape index (κ3) is 8.01. The lowest BCUT2D eigenvalue weighted by molar-refractivity contribution is -0.140. The van der Waals surface area contributed by atoms with Gasteiger partial charge >= 0.3 is 0 Å². The van der Waals surface area contributed by atoms with E-state index in [2.05, 4.69) is 5.32 Å². The molecule has 0 bridgehead atoms. The van der Waals surface area contributed by atoms with Gasteiger partial charge in [0.15, 0.2) is 0 Å². The zero-order valence-electron chi connectivity index (χ0n) is 22.5. The van der Waals surface area contributed by atoms with Crippen molar-refractivity contribution in [3.63, 3.8) is 0 Å². The predicted molar refractivity (Wildman–Crippen MR) is 143 cm³/mol. The Hall–Kier alpha value is -3.47. The summed E-state index contributed by atoms with van der Waals surface area (Å²) >= 11 is 0. The van der Waals surface area contributed by atoms with Crippen molar-refractivity contribution in [1.29, 1.82) is 0 Å². The molecule has 0 spiro atoms. The highest BCUT2D eigenvalue weighted by Crippen LogP contribution is 2.33. The molecule has 1 N–H and O–H groups in total. The minimum absolute atomic E-state index is 0.101. The maximum absolute atomic E-state index is 13.8. The Balaban J connectivity index is 2.50. The van der Waals surface area contributed by atoms with E-state index in [1.165, 1.54) is 31.3 Å². The van der Waals surface area contributed by atoms with E-state index in [-0.39, 0.29) is 29.9 Å². The van der Waals surface area contributed by atoms with E-state index in [0.29, 0.717) is 17.9 Å². The Morgan fingerprint density at radius 3 is 2.03 bits per heavy atom. The molecule has 0 heterocycles. The lowest BCUT2D eigenvalue weighted by Gasteiger charge is -2.33. The largest absolute Gasteiger partial charge is 0.497 e. The molecule has 10 nitrogen and oxygen atoms in total. The van der Waals surface area contributed by atoms with Gasteiger partial charge in [0.05, 0.1) is 33.3 Å². The summed E-state index contributed by atoms with van der Waals surface area (Å²) in [6, 6.07) is 10.8. The normalized spacial score (nSPS) is 12.0. The summed E-state index contributed by atoms with van der Waals surface area (Å²) in [5.74, 6) is 0.500. The molecule has 2 aromatic carbocycles. The fourth-order valence-electron chi connectivity index (χ4n) is 3.81. The third-order valence-electron chi connectivity index (χ3n) is 5.66. The van der Waals surface area contributed by atoms with E-state index in [4.69, 9.17) is 14.2 Å². The lowest BCUT2D eigenvalue weighted by Crippen LogP contribution is -2.53. The standard InChI is InChI=1S/C26H37N3O7S/c1-8-22(26(31)27-18(2)3)28(16-19-9-11-20(34-4)12-10-19)25(30)17-29(37(7,32)33)23-14-13-21(35-5)15-24(23)36-6/h9-15,18,22H,8,16-17H2,1-7H3,(H,27,31)/t22-/m0/s1. The van der Waals surface area contributed by atoms with Gasteiger partial charge in [-0.1, -0.05) is 19.1 Å². The van der Waals surface area contributed by atoms with Crippen LogP contribution < -0.4 is 23.8 Å². The topological polar surface area (TPSA) is 114 Å². The molecule has 2 rings (SSSR count). The van der Waals surface area contributed by atoms with Crippen LogP contribution in [-0.2, 0) is 26.2 Å². The summed E-state index contributed by atoms with van der Waals surface area (Å²) in [4.78, 5) is 28.2. The number of rotatable bonds is 13. The number of carbonyl (C=O) groups excluding carboxylic acids is 2.